The topological polar surface area (TPSA) is 101 Å². The Morgan fingerprint density at radius 1 is 1.13 bits per heavy atom. The predicted octanol–water partition coefficient (Wildman–Crippen LogP) is 0.804. The number of carbonyl (C=O) groups is 2. The molecule has 1 spiro atoms. The van der Waals surface area contributed by atoms with Gasteiger partial charge in [0.1, 0.15) is 11.5 Å². The van der Waals surface area contributed by atoms with Gasteiger partial charge in [-0.25, -0.2) is 0 Å². The highest BCUT2D eigenvalue weighted by Gasteiger charge is 2.47. The van der Waals surface area contributed by atoms with E-state index in [4.69, 9.17) is 0 Å². The minimum absolute atomic E-state index is 0.0457. The SMILES string of the molecule is CN1Cc2nnc(C(=O)NC3CCCCC3)n2CC12CCN(C(=O)c1ccn(C)n1)C2. The third kappa shape index (κ3) is 3.62. The van der Waals surface area contributed by atoms with E-state index >= 15 is 0 Å². The van der Waals surface area contributed by atoms with Gasteiger partial charge in [0.25, 0.3) is 11.8 Å². The van der Waals surface area contributed by atoms with Crippen LogP contribution >= 0.6 is 0 Å². The molecule has 31 heavy (non-hydrogen) atoms. The molecule has 1 aliphatic carbocycles. The lowest BCUT2D eigenvalue weighted by Crippen LogP contribution is -2.55. The maximum atomic E-state index is 13.0. The molecule has 2 fully saturated rings. The summed E-state index contributed by atoms with van der Waals surface area (Å²) in [5, 5.41) is 16.0. The Kier molecular flexibility index (Phi) is 5.04. The summed E-state index contributed by atoms with van der Waals surface area (Å²) in [6.45, 7) is 2.47. The first-order valence-electron chi connectivity index (χ1n) is 11.2. The highest BCUT2D eigenvalue weighted by molar-refractivity contribution is 5.92. The number of likely N-dealkylation sites (N-methyl/N-ethyl adjacent to an activating group) is 1. The molecule has 166 valence electrons. The Balaban J connectivity index is 1.33. The molecule has 1 unspecified atom stereocenters. The Bertz CT molecular complexity index is 991. The van der Waals surface area contributed by atoms with Crippen molar-refractivity contribution in [2.75, 3.05) is 20.1 Å². The van der Waals surface area contributed by atoms with Crippen molar-refractivity contribution in [2.45, 2.75) is 63.2 Å². The smallest absolute Gasteiger partial charge is 0.289 e. The second-order valence-corrected chi connectivity index (χ2v) is 9.27. The van der Waals surface area contributed by atoms with Crippen molar-refractivity contribution in [3.63, 3.8) is 0 Å². The van der Waals surface area contributed by atoms with Crippen molar-refractivity contribution < 1.29 is 9.59 Å². The molecule has 1 saturated heterocycles. The van der Waals surface area contributed by atoms with Crippen molar-refractivity contribution in [3.8, 4) is 0 Å². The fourth-order valence-electron chi connectivity index (χ4n) is 5.24. The molecule has 3 aliphatic rings. The maximum absolute atomic E-state index is 13.0. The molecule has 10 nitrogen and oxygen atoms in total. The summed E-state index contributed by atoms with van der Waals surface area (Å²) in [5.41, 5.74) is 0.232. The van der Waals surface area contributed by atoms with E-state index in [2.05, 4.69) is 32.6 Å². The molecule has 1 N–H and O–H groups in total. The van der Waals surface area contributed by atoms with Crippen LogP contribution in [-0.2, 0) is 20.1 Å². The van der Waals surface area contributed by atoms with Gasteiger partial charge in [0.2, 0.25) is 5.82 Å². The zero-order chi connectivity index (χ0) is 21.6. The fourth-order valence-corrected chi connectivity index (χ4v) is 5.24. The van der Waals surface area contributed by atoms with Gasteiger partial charge in [-0.3, -0.25) is 19.2 Å². The highest BCUT2D eigenvalue weighted by atomic mass is 16.2. The van der Waals surface area contributed by atoms with Crippen LogP contribution in [0.1, 0.15) is 65.5 Å². The average molecular weight is 427 g/mol. The number of rotatable bonds is 3. The summed E-state index contributed by atoms with van der Waals surface area (Å²) >= 11 is 0. The fraction of sp³-hybridized carbons (Fsp3) is 0.667. The summed E-state index contributed by atoms with van der Waals surface area (Å²) in [5.74, 6) is 1.01. The van der Waals surface area contributed by atoms with E-state index in [1.54, 1.807) is 16.9 Å². The van der Waals surface area contributed by atoms with E-state index in [0.29, 0.717) is 37.7 Å². The molecule has 1 atom stereocenters. The van der Waals surface area contributed by atoms with Crippen LogP contribution in [0.3, 0.4) is 0 Å². The van der Waals surface area contributed by atoms with Gasteiger partial charge in [-0.1, -0.05) is 19.3 Å². The number of likely N-dealkylation sites (tertiary alicyclic amines) is 1. The largest absolute Gasteiger partial charge is 0.347 e. The number of nitrogens with one attached hydrogen (secondary N) is 1. The Morgan fingerprint density at radius 2 is 1.94 bits per heavy atom. The monoisotopic (exact) mass is 426 g/mol. The van der Waals surface area contributed by atoms with Crippen molar-refractivity contribution >= 4 is 11.8 Å². The van der Waals surface area contributed by atoms with Gasteiger partial charge in [0.15, 0.2) is 0 Å². The number of hydrogen-bond donors (Lipinski definition) is 1. The van der Waals surface area contributed by atoms with Gasteiger partial charge in [-0.05, 0) is 32.4 Å². The van der Waals surface area contributed by atoms with Crippen LogP contribution in [0.2, 0.25) is 0 Å². The number of aromatic nitrogens is 5. The molecule has 2 aromatic heterocycles. The molecule has 1 saturated carbocycles. The maximum Gasteiger partial charge on any atom is 0.289 e. The van der Waals surface area contributed by atoms with E-state index in [-0.39, 0.29) is 23.4 Å². The van der Waals surface area contributed by atoms with Crippen LogP contribution in [0, 0.1) is 0 Å². The van der Waals surface area contributed by atoms with Gasteiger partial charge >= 0.3 is 0 Å². The summed E-state index contributed by atoms with van der Waals surface area (Å²) in [6.07, 6.45) is 8.26. The molecule has 2 aromatic rings. The van der Waals surface area contributed by atoms with Crippen LogP contribution in [0.4, 0.5) is 0 Å². The van der Waals surface area contributed by atoms with Gasteiger partial charge in [-0.15, -0.1) is 10.2 Å². The number of aryl methyl sites for hydroxylation is 1. The average Bonchev–Trinajstić information content (AvgIpc) is 3.48. The van der Waals surface area contributed by atoms with Gasteiger partial charge in [0, 0.05) is 38.9 Å². The molecular weight excluding hydrogens is 396 g/mol. The minimum atomic E-state index is -0.236. The lowest BCUT2D eigenvalue weighted by atomic mass is 9.94. The summed E-state index contributed by atoms with van der Waals surface area (Å²) in [6, 6.07) is 1.98. The molecule has 0 radical (unpaired) electrons. The van der Waals surface area contributed by atoms with Gasteiger partial charge in [-0.2, -0.15) is 5.10 Å². The van der Waals surface area contributed by atoms with Crippen molar-refractivity contribution in [1.82, 2.24) is 39.7 Å². The normalized spacial score (nSPS) is 24.5. The summed E-state index contributed by atoms with van der Waals surface area (Å²) < 4.78 is 3.61. The number of nitrogens with zero attached hydrogens (tertiary/aromatic N) is 7. The molecule has 0 aromatic carbocycles. The first-order chi connectivity index (χ1) is 14.9. The predicted molar refractivity (Wildman–Crippen MR) is 112 cm³/mol. The van der Waals surface area contributed by atoms with E-state index < -0.39 is 0 Å². The van der Waals surface area contributed by atoms with Crippen LogP contribution < -0.4 is 5.32 Å². The molecule has 2 amide bonds. The second-order valence-electron chi connectivity index (χ2n) is 9.27. The van der Waals surface area contributed by atoms with E-state index in [9.17, 15) is 9.59 Å². The molecule has 2 aliphatic heterocycles. The first kappa shape index (κ1) is 20.2. The van der Waals surface area contributed by atoms with Crippen molar-refractivity contribution in [3.05, 3.63) is 29.6 Å². The van der Waals surface area contributed by atoms with Gasteiger partial charge < -0.3 is 14.8 Å². The molecule has 4 heterocycles. The minimum Gasteiger partial charge on any atom is -0.347 e. The van der Waals surface area contributed by atoms with E-state index in [1.807, 2.05) is 16.5 Å². The third-order valence-corrected chi connectivity index (χ3v) is 7.16. The number of amides is 2. The molecule has 10 heteroatoms. The van der Waals surface area contributed by atoms with Crippen LogP contribution in [-0.4, -0.2) is 77.9 Å². The van der Waals surface area contributed by atoms with Gasteiger partial charge in [0.05, 0.1) is 12.1 Å². The zero-order valence-corrected chi connectivity index (χ0v) is 18.3. The van der Waals surface area contributed by atoms with Crippen LogP contribution in [0.5, 0.6) is 0 Å². The highest BCUT2D eigenvalue weighted by Crippen LogP contribution is 2.34. The van der Waals surface area contributed by atoms with E-state index in [0.717, 1.165) is 37.9 Å². The van der Waals surface area contributed by atoms with Crippen molar-refractivity contribution in [1.29, 1.82) is 0 Å². The Hall–Kier alpha value is -2.75. The summed E-state index contributed by atoms with van der Waals surface area (Å²) in [7, 11) is 3.87. The lowest BCUT2D eigenvalue weighted by Gasteiger charge is -2.42. The summed E-state index contributed by atoms with van der Waals surface area (Å²) in [4.78, 5) is 30.0. The molecule has 5 rings (SSSR count). The number of carbonyl (C=O) groups excluding carboxylic acids is 2. The first-order valence-corrected chi connectivity index (χ1v) is 11.2. The van der Waals surface area contributed by atoms with Crippen LogP contribution in [0.25, 0.3) is 0 Å². The number of fused-ring (bicyclic) bond motifs is 1. The lowest BCUT2D eigenvalue weighted by molar-refractivity contribution is 0.0565. The van der Waals surface area contributed by atoms with E-state index in [1.165, 1.54) is 6.42 Å². The zero-order valence-electron chi connectivity index (χ0n) is 18.3. The Labute approximate surface area is 181 Å². The quantitative estimate of drug-likeness (QED) is 0.779. The molecule has 0 bridgehead atoms. The second kappa shape index (κ2) is 7.74. The van der Waals surface area contributed by atoms with Crippen LogP contribution in [0.15, 0.2) is 12.3 Å². The Morgan fingerprint density at radius 3 is 2.68 bits per heavy atom. The standard InChI is InChI=1S/C21H30N8O2/c1-26-12-17-23-24-18(19(30)22-15-6-4-3-5-7-15)29(17)14-21(26)9-11-28(13-21)20(31)16-8-10-27(2)25-16/h8,10,15H,3-7,9,11-14H2,1-2H3,(H,22,30). The molecular formula is C21H30N8O2. The van der Waals surface area contributed by atoms with Crippen molar-refractivity contribution in [2.24, 2.45) is 7.05 Å². The third-order valence-electron chi connectivity index (χ3n) is 7.16. The number of hydrogen-bond acceptors (Lipinski definition) is 6.